The molecule has 0 aromatic heterocycles. The van der Waals surface area contributed by atoms with Crippen LogP contribution in [0.15, 0.2) is 36.5 Å². The van der Waals surface area contributed by atoms with Crippen molar-refractivity contribution in [1.29, 1.82) is 0 Å². The minimum atomic E-state index is -1.12. The maximum absolute atomic E-state index is 12.0. The zero-order chi connectivity index (χ0) is 16.8. The van der Waals surface area contributed by atoms with Gasteiger partial charge in [-0.1, -0.05) is 33.4 Å². The number of carboxylic acid groups (broad SMARTS) is 1. The molecule has 0 spiro atoms. The number of carboxylic acids is 1. The van der Waals surface area contributed by atoms with Crippen LogP contribution in [0.5, 0.6) is 0 Å². The van der Waals surface area contributed by atoms with Crippen LogP contribution < -0.4 is 0 Å². The molecule has 0 aliphatic rings. The van der Waals surface area contributed by atoms with Crippen molar-refractivity contribution in [3.8, 4) is 0 Å². The standard InChI is InChI=1S/C16H23NO4/c1-7-13(18)17(11(2)3)14(19)9-8-12(15(20)21)10-16(4,5)6/h7-11H,1H2,2-6H3,(H,20,21). The largest absolute Gasteiger partial charge is 0.478 e. The lowest BCUT2D eigenvalue weighted by molar-refractivity contribution is -0.140. The first-order valence-corrected chi connectivity index (χ1v) is 6.63. The fourth-order valence-electron chi connectivity index (χ4n) is 1.60. The summed E-state index contributed by atoms with van der Waals surface area (Å²) in [5.41, 5.74) is -0.332. The number of hydrogen-bond acceptors (Lipinski definition) is 3. The van der Waals surface area contributed by atoms with Crippen molar-refractivity contribution in [2.75, 3.05) is 0 Å². The highest BCUT2D eigenvalue weighted by Crippen LogP contribution is 2.18. The van der Waals surface area contributed by atoms with Crippen LogP contribution in [0, 0.1) is 5.41 Å². The minimum absolute atomic E-state index is 0.00519. The van der Waals surface area contributed by atoms with Gasteiger partial charge in [-0.15, -0.1) is 0 Å². The van der Waals surface area contributed by atoms with Gasteiger partial charge in [0.25, 0.3) is 11.8 Å². The van der Waals surface area contributed by atoms with Crippen molar-refractivity contribution in [2.45, 2.75) is 40.7 Å². The Hall–Kier alpha value is -2.17. The second-order valence-corrected chi connectivity index (χ2v) is 5.95. The van der Waals surface area contributed by atoms with Gasteiger partial charge >= 0.3 is 5.97 Å². The predicted molar refractivity (Wildman–Crippen MR) is 81.5 cm³/mol. The van der Waals surface area contributed by atoms with Gasteiger partial charge in [0.2, 0.25) is 0 Å². The first-order valence-electron chi connectivity index (χ1n) is 6.63. The van der Waals surface area contributed by atoms with Crippen LogP contribution in [0.4, 0.5) is 0 Å². The second kappa shape index (κ2) is 7.57. The summed E-state index contributed by atoms with van der Waals surface area (Å²) < 4.78 is 0. The van der Waals surface area contributed by atoms with Crippen LogP contribution >= 0.6 is 0 Å². The van der Waals surface area contributed by atoms with Crippen LogP contribution in [-0.4, -0.2) is 33.8 Å². The van der Waals surface area contributed by atoms with E-state index in [4.69, 9.17) is 5.11 Å². The molecule has 0 aliphatic heterocycles. The third-order valence-corrected chi connectivity index (χ3v) is 2.41. The van der Waals surface area contributed by atoms with E-state index in [0.717, 1.165) is 17.1 Å². The van der Waals surface area contributed by atoms with E-state index in [9.17, 15) is 14.4 Å². The topological polar surface area (TPSA) is 74.7 Å². The van der Waals surface area contributed by atoms with Crippen molar-refractivity contribution in [3.05, 3.63) is 36.5 Å². The number of carbonyl (C=O) groups is 3. The first-order chi connectivity index (χ1) is 9.49. The zero-order valence-corrected chi connectivity index (χ0v) is 13.2. The summed E-state index contributed by atoms with van der Waals surface area (Å²) in [5.74, 6) is -2.22. The van der Waals surface area contributed by atoms with Gasteiger partial charge < -0.3 is 5.11 Å². The van der Waals surface area contributed by atoms with E-state index in [1.54, 1.807) is 19.9 Å². The van der Waals surface area contributed by atoms with E-state index in [1.807, 2.05) is 20.8 Å². The minimum Gasteiger partial charge on any atom is -0.478 e. The number of imide groups is 1. The summed E-state index contributed by atoms with van der Waals surface area (Å²) in [6.45, 7) is 12.3. The van der Waals surface area contributed by atoms with E-state index in [0.29, 0.717) is 0 Å². The maximum Gasteiger partial charge on any atom is 0.335 e. The Balaban J connectivity index is 5.36. The zero-order valence-electron chi connectivity index (χ0n) is 13.2. The Bertz CT molecular complexity index is 493. The monoisotopic (exact) mass is 293 g/mol. The lowest BCUT2D eigenvalue weighted by Gasteiger charge is -2.21. The van der Waals surface area contributed by atoms with Crippen LogP contribution in [-0.2, 0) is 14.4 Å². The second-order valence-electron chi connectivity index (χ2n) is 5.95. The quantitative estimate of drug-likeness (QED) is 0.624. The molecule has 2 amide bonds. The highest BCUT2D eigenvalue weighted by atomic mass is 16.4. The van der Waals surface area contributed by atoms with Crippen LogP contribution in [0.25, 0.3) is 0 Å². The summed E-state index contributed by atoms with van der Waals surface area (Å²) in [5, 5.41) is 9.13. The molecule has 0 heterocycles. The number of rotatable bonds is 5. The highest BCUT2D eigenvalue weighted by Gasteiger charge is 2.20. The van der Waals surface area contributed by atoms with Gasteiger partial charge in [-0.25, -0.2) is 4.79 Å². The predicted octanol–water partition coefficient (Wildman–Crippen LogP) is 2.55. The lowest BCUT2D eigenvalue weighted by Crippen LogP contribution is -2.40. The van der Waals surface area contributed by atoms with Crippen molar-refractivity contribution in [3.63, 3.8) is 0 Å². The molecule has 0 saturated carbocycles. The molecule has 0 aromatic rings. The summed E-state index contributed by atoms with van der Waals surface area (Å²) in [6.07, 6.45) is 4.90. The van der Waals surface area contributed by atoms with Crippen LogP contribution in [0.2, 0.25) is 0 Å². The molecule has 116 valence electrons. The van der Waals surface area contributed by atoms with Gasteiger partial charge in [0.05, 0.1) is 5.57 Å². The number of aliphatic carboxylic acids is 1. The van der Waals surface area contributed by atoms with E-state index in [-0.39, 0.29) is 17.0 Å². The van der Waals surface area contributed by atoms with Gasteiger partial charge in [0.1, 0.15) is 0 Å². The van der Waals surface area contributed by atoms with Gasteiger partial charge in [-0.2, -0.15) is 0 Å². The van der Waals surface area contributed by atoms with Gasteiger partial charge in [0, 0.05) is 12.1 Å². The molecule has 0 radical (unpaired) electrons. The Labute approximate surface area is 125 Å². The Morgan fingerprint density at radius 1 is 1.10 bits per heavy atom. The van der Waals surface area contributed by atoms with Gasteiger partial charge in [-0.05, 0) is 31.4 Å². The normalized spacial score (nSPS) is 12.6. The molecule has 5 heteroatoms. The Morgan fingerprint density at radius 2 is 1.62 bits per heavy atom. The number of hydrogen-bond donors (Lipinski definition) is 1. The molecule has 0 saturated heterocycles. The molecular weight excluding hydrogens is 270 g/mol. The molecule has 21 heavy (non-hydrogen) atoms. The maximum atomic E-state index is 12.0. The smallest absolute Gasteiger partial charge is 0.335 e. The van der Waals surface area contributed by atoms with E-state index < -0.39 is 17.8 Å². The molecule has 0 aliphatic carbocycles. The van der Waals surface area contributed by atoms with E-state index >= 15 is 0 Å². The van der Waals surface area contributed by atoms with Gasteiger partial charge in [-0.3, -0.25) is 14.5 Å². The number of nitrogens with zero attached hydrogens (tertiary/aromatic N) is 1. The lowest BCUT2D eigenvalue weighted by atomic mass is 9.93. The summed E-state index contributed by atoms with van der Waals surface area (Å²) in [7, 11) is 0. The highest BCUT2D eigenvalue weighted by molar-refractivity contribution is 6.06. The third kappa shape index (κ3) is 6.70. The molecule has 0 aromatic carbocycles. The number of amides is 2. The van der Waals surface area contributed by atoms with Crippen LogP contribution in [0.3, 0.4) is 0 Å². The molecule has 5 nitrogen and oxygen atoms in total. The molecule has 0 fully saturated rings. The molecule has 0 bridgehead atoms. The average Bonchev–Trinajstić information content (AvgIpc) is 2.32. The van der Waals surface area contributed by atoms with Gasteiger partial charge in [0.15, 0.2) is 0 Å². The Kier molecular flexibility index (Phi) is 6.79. The summed E-state index contributed by atoms with van der Waals surface area (Å²) in [4.78, 5) is 35.8. The molecule has 0 atom stereocenters. The molecular formula is C16H23NO4. The van der Waals surface area contributed by atoms with Crippen molar-refractivity contribution < 1.29 is 19.5 Å². The number of allylic oxidation sites excluding steroid dienone is 1. The third-order valence-electron chi connectivity index (χ3n) is 2.41. The molecule has 0 rings (SSSR count). The number of carbonyl (C=O) groups excluding carboxylic acids is 2. The molecule has 0 unspecified atom stereocenters. The van der Waals surface area contributed by atoms with E-state index in [2.05, 4.69) is 6.58 Å². The van der Waals surface area contributed by atoms with Crippen molar-refractivity contribution in [2.24, 2.45) is 5.41 Å². The van der Waals surface area contributed by atoms with E-state index in [1.165, 1.54) is 6.08 Å². The van der Waals surface area contributed by atoms with Crippen LogP contribution in [0.1, 0.15) is 34.6 Å². The fraction of sp³-hybridized carbons (Fsp3) is 0.438. The van der Waals surface area contributed by atoms with Crippen molar-refractivity contribution >= 4 is 17.8 Å². The Morgan fingerprint density at radius 3 is 1.95 bits per heavy atom. The van der Waals surface area contributed by atoms with Crippen molar-refractivity contribution in [1.82, 2.24) is 4.90 Å². The molecule has 1 N–H and O–H groups in total. The summed E-state index contributed by atoms with van der Waals surface area (Å²) >= 11 is 0. The summed E-state index contributed by atoms with van der Waals surface area (Å²) in [6, 6.07) is -0.340. The average molecular weight is 293 g/mol. The first kappa shape index (κ1) is 18.8. The SMILES string of the molecule is C=CC(=O)N(C(=O)C=CC(=CC(C)(C)C)C(=O)O)C(C)C. The fourth-order valence-corrected chi connectivity index (χ4v) is 1.60.